The Morgan fingerprint density at radius 3 is 2.50 bits per heavy atom. The predicted octanol–water partition coefficient (Wildman–Crippen LogP) is 5.70. The van der Waals surface area contributed by atoms with Crippen LogP contribution in [0.5, 0.6) is 0 Å². The molecule has 0 spiro atoms. The number of aliphatic carboxylic acids is 1. The first-order valence-electron chi connectivity index (χ1n) is 11.9. The average molecular weight is 511 g/mol. The lowest BCUT2D eigenvalue weighted by Crippen LogP contribution is -2.19. The largest absolute Gasteiger partial charge is 0.480 e. The van der Waals surface area contributed by atoms with Crippen LogP contribution >= 0.6 is 0 Å². The summed E-state index contributed by atoms with van der Waals surface area (Å²) in [5, 5.41) is 12.8. The van der Waals surface area contributed by atoms with E-state index in [1.807, 2.05) is 37.3 Å². The van der Waals surface area contributed by atoms with E-state index in [1.54, 1.807) is 25.1 Å². The molecule has 0 aliphatic heterocycles. The van der Waals surface area contributed by atoms with E-state index >= 15 is 0 Å². The lowest BCUT2D eigenvalue weighted by Gasteiger charge is -2.16. The summed E-state index contributed by atoms with van der Waals surface area (Å²) in [7, 11) is 0. The third-order valence-corrected chi connectivity index (χ3v) is 6.56. The molecular formula is C28H21N3O7. The Kier molecular flexibility index (Phi) is 5.42. The second kappa shape index (κ2) is 8.81. The summed E-state index contributed by atoms with van der Waals surface area (Å²) < 4.78 is 22.6. The monoisotopic (exact) mass is 511 g/mol. The molecule has 38 heavy (non-hydrogen) atoms. The number of fused-ring (bicyclic) bond motifs is 2. The van der Waals surface area contributed by atoms with E-state index in [1.165, 1.54) is 0 Å². The van der Waals surface area contributed by atoms with Gasteiger partial charge in [0.2, 0.25) is 11.7 Å². The molecule has 2 aromatic carbocycles. The van der Waals surface area contributed by atoms with E-state index in [2.05, 4.69) is 27.1 Å². The maximum atomic E-state index is 12.8. The standard InChI is InChI=1S/C28H21N3O7/c1-15-7-3-4-8-17(15)16(2)35-27(34)30-22-18-9-5-6-10-19(18)36-20(22)11-12-21-29-23-24(37-21)31-25(38-23)28(13-14-28)26(32)33/h3-10,16H,13-14H2,1-2H3,(H,30,34)(H,32,33). The van der Waals surface area contributed by atoms with Crippen LogP contribution in [-0.4, -0.2) is 27.1 Å². The quantitative estimate of drug-likeness (QED) is 0.284. The number of carboxylic acids is 1. The topological polar surface area (TPSA) is 141 Å². The van der Waals surface area contributed by atoms with Crippen LogP contribution in [0.25, 0.3) is 22.4 Å². The minimum atomic E-state index is -1.10. The molecule has 3 aromatic heterocycles. The summed E-state index contributed by atoms with van der Waals surface area (Å²) in [4.78, 5) is 32.6. The molecule has 10 nitrogen and oxygen atoms in total. The summed E-state index contributed by atoms with van der Waals surface area (Å²) in [6.07, 6.45) is -0.230. The van der Waals surface area contributed by atoms with Crippen molar-refractivity contribution in [1.29, 1.82) is 0 Å². The Morgan fingerprint density at radius 2 is 1.76 bits per heavy atom. The van der Waals surface area contributed by atoms with Crippen molar-refractivity contribution in [2.45, 2.75) is 38.2 Å². The first-order chi connectivity index (χ1) is 18.3. The number of nitrogens with one attached hydrogen (secondary N) is 1. The number of aromatic nitrogens is 2. The first kappa shape index (κ1) is 23.4. The molecule has 0 saturated heterocycles. The number of carbonyl (C=O) groups excluding carboxylic acids is 1. The number of ether oxygens (including phenoxy) is 1. The van der Waals surface area contributed by atoms with Gasteiger partial charge in [0.25, 0.3) is 17.3 Å². The molecule has 0 bridgehead atoms. The molecule has 190 valence electrons. The van der Waals surface area contributed by atoms with Crippen LogP contribution in [-0.2, 0) is 14.9 Å². The van der Waals surface area contributed by atoms with Gasteiger partial charge in [0.15, 0.2) is 0 Å². The van der Waals surface area contributed by atoms with Gasteiger partial charge in [0.05, 0.1) is 0 Å². The van der Waals surface area contributed by atoms with Crippen LogP contribution in [0, 0.1) is 18.8 Å². The number of furan rings is 1. The number of oxazole rings is 2. The van der Waals surface area contributed by atoms with Crippen LogP contribution in [0.15, 0.2) is 61.8 Å². The Bertz CT molecular complexity index is 1750. The normalized spacial score (nSPS) is 14.6. The maximum Gasteiger partial charge on any atom is 0.412 e. The van der Waals surface area contributed by atoms with Gasteiger partial charge in [-0.2, -0.15) is 9.97 Å². The highest BCUT2D eigenvalue weighted by molar-refractivity contribution is 6.01. The highest BCUT2D eigenvalue weighted by Crippen LogP contribution is 2.48. The van der Waals surface area contributed by atoms with Gasteiger partial charge in [0.1, 0.15) is 22.8 Å². The molecule has 1 saturated carbocycles. The molecule has 2 N–H and O–H groups in total. The van der Waals surface area contributed by atoms with Crippen molar-refractivity contribution >= 4 is 40.1 Å². The number of amides is 1. The summed E-state index contributed by atoms with van der Waals surface area (Å²) in [6.45, 7) is 3.76. The second-order valence-corrected chi connectivity index (χ2v) is 9.12. The number of anilines is 1. The Labute approximate surface area is 215 Å². The van der Waals surface area contributed by atoms with Gasteiger partial charge in [-0.3, -0.25) is 10.1 Å². The predicted molar refractivity (Wildman–Crippen MR) is 135 cm³/mol. The molecule has 1 atom stereocenters. The Morgan fingerprint density at radius 1 is 1.03 bits per heavy atom. The fraction of sp³-hybridized carbons (Fsp3) is 0.214. The van der Waals surface area contributed by atoms with E-state index in [-0.39, 0.29) is 29.0 Å². The lowest BCUT2D eigenvalue weighted by atomic mass is 10.1. The number of carboxylic acid groups (broad SMARTS) is 1. The van der Waals surface area contributed by atoms with Crippen molar-refractivity contribution in [3.63, 3.8) is 0 Å². The van der Waals surface area contributed by atoms with Crippen LogP contribution in [0.2, 0.25) is 0 Å². The third-order valence-electron chi connectivity index (χ3n) is 6.56. The minimum Gasteiger partial charge on any atom is -0.480 e. The number of para-hydroxylation sites is 1. The van der Waals surface area contributed by atoms with Crippen molar-refractivity contribution in [2.75, 3.05) is 5.32 Å². The van der Waals surface area contributed by atoms with Gasteiger partial charge in [-0.25, -0.2) is 4.79 Å². The molecule has 6 rings (SSSR count). The minimum absolute atomic E-state index is 0.000120. The van der Waals surface area contributed by atoms with Crippen LogP contribution in [0.4, 0.5) is 10.5 Å². The van der Waals surface area contributed by atoms with E-state index in [0.29, 0.717) is 29.5 Å². The molecule has 0 radical (unpaired) electrons. The van der Waals surface area contributed by atoms with Crippen LogP contribution in [0.1, 0.15) is 54.5 Å². The SMILES string of the molecule is Cc1ccccc1C(C)OC(=O)Nc1c(C#Cc2nc3oc(C4(C(=O)O)CC4)nc3o2)oc2ccccc12. The lowest BCUT2D eigenvalue weighted by molar-refractivity contribution is -0.140. The number of aryl methyl sites for hydroxylation is 1. The maximum absolute atomic E-state index is 12.8. The zero-order valence-electron chi connectivity index (χ0n) is 20.4. The highest BCUT2D eigenvalue weighted by atomic mass is 16.6. The third kappa shape index (κ3) is 4.04. The molecule has 5 aromatic rings. The van der Waals surface area contributed by atoms with Gasteiger partial charge in [0, 0.05) is 11.3 Å². The van der Waals surface area contributed by atoms with Crippen molar-refractivity contribution in [2.24, 2.45) is 0 Å². The number of benzene rings is 2. The first-order valence-corrected chi connectivity index (χ1v) is 11.9. The molecule has 1 aliphatic carbocycles. The van der Waals surface area contributed by atoms with Crippen molar-refractivity contribution < 1.29 is 32.7 Å². The van der Waals surface area contributed by atoms with E-state index in [0.717, 1.165) is 11.1 Å². The molecule has 1 unspecified atom stereocenters. The van der Waals surface area contributed by atoms with E-state index < -0.39 is 23.6 Å². The summed E-state index contributed by atoms with van der Waals surface area (Å²) in [6, 6.07) is 14.9. The van der Waals surface area contributed by atoms with Crippen molar-refractivity contribution in [1.82, 2.24) is 9.97 Å². The molecule has 1 aliphatic rings. The summed E-state index contributed by atoms with van der Waals surface area (Å²) in [5.41, 5.74) is 1.82. The zero-order chi connectivity index (χ0) is 26.4. The van der Waals surface area contributed by atoms with E-state index in [4.69, 9.17) is 18.0 Å². The molecule has 1 amide bonds. The molecular weight excluding hydrogens is 490 g/mol. The summed E-state index contributed by atoms with van der Waals surface area (Å²) >= 11 is 0. The van der Waals surface area contributed by atoms with Gasteiger partial charge >= 0.3 is 12.1 Å². The Balaban J connectivity index is 1.26. The molecule has 3 heterocycles. The fourth-order valence-corrected chi connectivity index (χ4v) is 4.31. The molecule has 10 heteroatoms. The molecule has 1 fully saturated rings. The van der Waals surface area contributed by atoms with Gasteiger partial charge in [-0.05, 0) is 55.9 Å². The highest BCUT2D eigenvalue weighted by Gasteiger charge is 2.56. The van der Waals surface area contributed by atoms with Gasteiger partial charge in [-0.15, -0.1) is 0 Å². The van der Waals surface area contributed by atoms with Gasteiger partial charge in [-0.1, -0.05) is 36.4 Å². The number of hydrogen-bond acceptors (Lipinski definition) is 8. The second-order valence-electron chi connectivity index (χ2n) is 9.12. The van der Waals surface area contributed by atoms with Crippen molar-refractivity contribution in [3.05, 3.63) is 77.2 Å². The van der Waals surface area contributed by atoms with E-state index in [9.17, 15) is 14.7 Å². The van der Waals surface area contributed by atoms with Gasteiger partial charge < -0.3 is 23.1 Å². The summed E-state index contributed by atoms with van der Waals surface area (Å²) in [5.74, 6) is 4.86. The van der Waals surface area contributed by atoms with Crippen LogP contribution < -0.4 is 5.32 Å². The number of rotatable bonds is 5. The zero-order valence-corrected chi connectivity index (χ0v) is 20.4. The van der Waals surface area contributed by atoms with Crippen molar-refractivity contribution in [3.8, 4) is 11.8 Å². The fourth-order valence-electron chi connectivity index (χ4n) is 4.31. The number of carbonyl (C=O) groups is 2. The average Bonchev–Trinajstić information content (AvgIpc) is 3.32. The van der Waals surface area contributed by atoms with Crippen LogP contribution in [0.3, 0.4) is 0 Å². The Hall–Kier alpha value is -5.04. The number of hydrogen-bond donors (Lipinski definition) is 2. The number of nitrogens with zero attached hydrogens (tertiary/aromatic N) is 2. The smallest absolute Gasteiger partial charge is 0.412 e.